The van der Waals surface area contributed by atoms with Crippen molar-refractivity contribution in [2.24, 2.45) is 5.73 Å². The molecular formula is C12H26N2O2S. The van der Waals surface area contributed by atoms with E-state index in [0.29, 0.717) is 6.04 Å². The van der Waals surface area contributed by atoms with Gasteiger partial charge in [0.1, 0.15) is 0 Å². The average molecular weight is 262 g/mol. The quantitative estimate of drug-likeness (QED) is 0.726. The summed E-state index contributed by atoms with van der Waals surface area (Å²) in [6, 6.07) is 0.150. The first-order valence-corrected chi connectivity index (χ1v) is 8.41. The highest BCUT2D eigenvalue weighted by molar-refractivity contribution is 7.91. The maximum absolute atomic E-state index is 11.6. The zero-order chi connectivity index (χ0) is 13.1. The molecule has 2 atom stereocenters. The summed E-state index contributed by atoms with van der Waals surface area (Å²) in [7, 11) is -2.92. The Balaban J connectivity index is 2.64. The first-order chi connectivity index (χ1) is 7.87. The van der Waals surface area contributed by atoms with Crippen LogP contribution in [0.3, 0.4) is 0 Å². The van der Waals surface area contributed by atoms with Gasteiger partial charge in [0, 0.05) is 18.1 Å². The lowest BCUT2D eigenvalue weighted by atomic mass is 10.1. The lowest BCUT2D eigenvalue weighted by Gasteiger charge is -2.34. The molecule has 0 aromatic rings. The standard InChI is InChI=1S/C12H26N2O2S/c1-4-5-6-7-14(10(2)3)12-9-17(15,16)8-11(12)13/h10-12H,4-9,13H2,1-3H3. The molecule has 1 rings (SSSR count). The Morgan fingerprint density at radius 1 is 1.29 bits per heavy atom. The molecule has 0 amide bonds. The molecule has 17 heavy (non-hydrogen) atoms. The van der Waals surface area contributed by atoms with Crippen LogP contribution in [-0.2, 0) is 9.84 Å². The highest BCUT2D eigenvalue weighted by Gasteiger charge is 2.39. The zero-order valence-electron chi connectivity index (χ0n) is 11.2. The smallest absolute Gasteiger partial charge is 0.153 e. The van der Waals surface area contributed by atoms with Crippen LogP contribution in [-0.4, -0.2) is 49.5 Å². The summed E-state index contributed by atoms with van der Waals surface area (Å²) in [4.78, 5) is 2.27. The predicted octanol–water partition coefficient (Wildman–Crippen LogP) is 1.01. The van der Waals surface area contributed by atoms with Gasteiger partial charge >= 0.3 is 0 Å². The third kappa shape index (κ3) is 4.23. The van der Waals surface area contributed by atoms with E-state index in [4.69, 9.17) is 5.73 Å². The van der Waals surface area contributed by atoms with Crippen molar-refractivity contribution in [3.05, 3.63) is 0 Å². The van der Waals surface area contributed by atoms with Gasteiger partial charge in [-0.3, -0.25) is 4.90 Å². The van der Waals surface area contributed by atoms with E-state index in [9.17, 15) is 8.42 Å². The molecule has 0 aromatic carbocycles. The van der Waals surface area contributed by atoms with E-state index in [1.165, 1.54) is 12.8 Å². The summed E-state index contributed by atoms with van der Waals surface area (Å²) in [6.45, 7) is 7.36. The highest BCUT2D eigenvalue weighted by Crippen LogP contribution is 2.20. The van der Waals surface area contributed by atoms with Gasteiger partial charge in [-0.1, -0.05) is 19.8 Å². The third-order valence-electron chi connectivity index (χ3n) is 3.47. The fourth-order valence-electron chi connectivity index (χ4n) is 2.55. The van der Waals surface area contributed by atoms with E-state index >= 15 is 0 Å². The van der Waals surface area contributed by atoms with Gasteiger partial charge < -0.3 is 5.73 Å². The minimum atomic E-state index is -2.92. The summed E-state index contributed by atoms with van der Waals surface area (Å²) < 4.78 is 23.2. The third-order valence-corrected chi connectivity index (χ3v) is 5.22. The minimum Gasteiger partial charge on any atom is -0.325 e. The van der Waals surface area contributed by atoms with Gasteiger partial charge in [-0.25, -0.2) is 8.42 Å². The van der Waals surface area contributed by atoms with Crippen LogP contribution in [0, 0.1) is 0 Å². The Kier molecular flexibility index (Phi) is 5.41. The number of nitrogens with zero attached hydrogens (tertiary/aromatic N) is 1. The molecule has 0 bridgehead atoms. The molecule has 102 valence electrons. The molecule has 5 heteroatoms. The predicted molar refractivity (Wildman–Crippen MR) is 71.8 cm³/mol. The van der Waals surface area contributed by atoms with Gasteiger partial charge in [0.2, 0.25) is 0 Å². The summed E-state index contributed by atoms with van der Waals surface area (Å²) >= 11 is 0. The minimum absolute atomic E-state index is 0.0110. The van der Waals surface area contributed by atoms with Crippen molar-refractivity contribution in [1.82, 2.24) is 4.90 Å². The number of rotatable bonds is 6. The number of hydrogen-bond acceptors (Lipinski definition) is 4. The first-order valence-electron chi connectivity index (χ1n) is 6.59. The van der Waals surface area contributed by atoms with E-state index in [0.717, 1.165) is 13.0 Å². The van der Waals surface area contributed by atoms with Gasteiger partial charge in [-0.2, -0.15) is 0 Å². The fraction of sp³-hybridized carbons (Fsp3) is 1.00. The van der Waals surface area contributed by atoms with Crippen molar-refractivity contribution < 1.29 is 8.42 Å². The van der Waals surface area contributed by atoms with Gasteiger partial charge in [-0.15, -0.1) is 0 Å². The van der Waals surface area contributed by atoms with Gasteiger partial charge in [0.25, 0.3) is 0 Å². The molecule has 1 aliphatic heterocycles. The van der Waals surface area contributed by atoms with E-state index in [1.54, 1.807) is 0 Å². The van der Waals surface area contributed by atoms with E-state index in [-0.39, 0.29) is 23.6 Å². The lowest BCUT2D eigenvalue weighted by Crippen LogP contribution is -2.50. The van der Waals surface area contributed by atoms with Crippen molar-refractivity contribution in [2.45, 2.75) is 58.2 Å². The van der Waals surface area contributed by atoms with Crippen LogP contribution in [0.5, 0.6) is 0 Å². The number of sulfone groups is 1. The van der Waals surface area contributed by atoms with E-state index in [2.05, 4.69) is 25.7 Å². The zero-order valence-corrected chi connectivity index (χ0v) is 12.0. The van der Waals surface area contributed by atoms with Crippen molar-refractivity contribution in [3.8, 4) is 0 Å². The Morgan fingerprint density at radius 3 is 2.35 bits per heavy atom. The van der Waals surface area contributed by atoms with Crippen LogP contribution in [0.4, 0.5) is 0 Å². The molecule has 4 nitrogen and oxygen atoms in total. The Morgan fingerprint density at radius 2 is 1.94 bits per heavy atom. The molecule has 0 radical (unpaired) electrons. The molecule has 0 aromatic heterocycles. The normalized spacial score (nSPS) is 28.1. The molecule has 0 aliphatic carbocycles. The van der Waals surface area contributed by atoms with E-state index in [1.807, 2.05) is 0 Å². The monoisotopic (exact) mass is 262 g/mol. The van der Waals surface area contributed by atoms with Crippen LogP contribution in [0.15, 0.2) is 0 Å². The second-order valence-electron chi connectivity index (χ2n) is 5.35. The van der Waals surface area contributed by atoms with E-state index < -0.39 is 9.84 Å². The summed E-state index contributed by atoms with van der Waals surface area (Å²) in [5.74, 6) is 0.382. The topological polar surface area (TPSA) is 63.4 Å². The number of nitrogens with two attached hydrogens (primary N) is 1. The van der Waals surface area contributed by atoms with Gasteiger partial charge in [0.05, 0.1) is 11.5 Å². The molecule has 1 fully saturated rings. The van der Waals surface area contributed by atoms with Crippen LogP contribution >= 0.6 is 0 Å². The largest absolute Gasteiger partial charge is 0.325 e. The second kappa shape index (κ2) is 6.16. The molecule has 0 spiro atoms. The Hall–Kier alpha value is -0.130. The maximum atomic E-state index is 11.6. The molecule has 2 N–H and O–H groups in total. The van der Waals surface area contributed by atoms with Crippen molar-refractivity contribution in [3.63, 3.8) is 0 Å². The number of hydrogen-bond donors (Lipinski definition) is 1. The van der Waals surface area contributed by atoms with Crippen LogP contribution in [0.2, 0.25) is 0 Å². The van der Waals surface area contributed by atoms with Crippen LogP contribution in [0.1, 0.15) is 40.0 Å². The summed E-state index contributed by atoms with van der Waals surface area (Å²) in [6.07, 6.45) is 3.50. The molecule has 1 heterocycles. The molecule has 1 aliphatic rings. The lowest BCUT2D eigenvalue weighted by molar-refractivity contribution is 0.152. The molecule has 0 saturated carbocycles. The van der Waals surface area contributed by atoms with Crippen molar-refractivity contribution in [2.75, 3.05) is 18.1 Å². The van der Waals surface area contributed by atoms with Crippen molar-refractivity contribution in [1.29, 1.82) is 0 Å². The number of unbranched alkanes of at least 4 members (excludes halogenated alkanes) is 2. The van der Waals surface area contributed by atoms with Gasteiger partial charge in [0.15, 0.2) is 9.84 Å². The van der Waals surface area contributed by atoms with Gasteiger partial charge in [-0.05, 0) is 26.8 Å². The fourth-order valence-corrected chi connectivity index (χ4v) is 4.45. The molecule has 2 unspecified atom stereocenters. The van der Waals surface area contributed by atoms with Crippen LogP contribution < -0.4 is 5.73 Å². The Bertz CT molecular complexity index is 327. The maximum Gasteiger partial charge on any atom is 0.153 e. The van der Waals surface area contributed by atoms with Crippen molar-refractivity contribution >= 4 is 9.84 Å². The summed E-state index contributed by atoms with van der Waals surface area (Å²) in [5, 5.41) is 0. The highest BCUT2D eigenvalue weighted by atomic mass is 32.2. The SMILES string of the molecule is CCCCCN(C(C)C)C1CS(=O)(=O)CC1N. The average Bonchev–Trinajstić information content (AvgIpc) is 2.46. The second-order valence-corrected chi connectivity index (χ2v) is 7.50. The molecule has 1 saturated heterocycles. The van der Waals surface area contributed by atoms with Crippen LogP contribution in [0.25, 0.3) is 0 Å². The Labute approximate surface area is 105 Å². The summed E-state index contributed by atoms with van der Waals surface area (Å²) in [5.41, 5.74) is 5.98. The molecular weight excluding hydrogens is 236 g/mol. The first kappa shape index (κ1) is 14.9.